The molecule has 1 saturated heterocycles. The molecular formula is C61H73N13O8S3. The maximum absolute atomic E-state index is 14.4. The molecule has 3 aliphatic rings. The Morgan fingerprint density at radius 1 is 0.882 bits per heavy atom. The minimum Gasteiger partial charge on any atom is -0.391 e. The summed E-state index contributed by atoms with van der Waals surface area (Å²) in [6.07, 6.45) is 8.70. The van der Waals surface area contributed by atoms with Crippen molar-refractivity contribution in [2.45, 2.75) is 130 Å². The maximum Gasteiger partial charge on any atom is 0.284 e. The Morgan fingerprint density at radius 3 is 2.41 bits per heavy atom. The molecule has 7 heterocycles. The second-order valence-electron chi connectivity index (χ2n) is 23.4. The molecule has 0 radical (unpaired) electrons. The predicted octanol–water partition coefficient (Wildman–Crippen LogP) is 7.49. The maximum atomic E-state index is 14.4. The van der Waals surface area contributed by atoms with Gasteiger partial charge in [0.25, 0.3) is 11.8 Å². The van der Waals surface area contributed by atoms with Gasteiger partial charge < -0.3 is 30.9 Å². The number of thiazole rings is 2. The molecule has 7 aromatic rings. The van der Waals surface area contributed by atoms with Crippen LogP contribution in [-0.4, -0.2) is 128 Å². The molecule has 1 aliphatic carbocycles. The summed E-state index contributed by atoms with van der Waals surface area (Å²) in [5, 5.41) is 27.7. The number of fused-ring (bicyclic) bond motifs is 2. The summed E-state index contributed by atoms with van der Waals surface area (Å²) in [5.74, 6) is -2.29. The highest BCUT2D eigenvalue weighted by Gasteiger charge is 2.45. The summed E-state index contributed by atoms with van der Waals surface area (Å²) in [7, 11) is -4.29. The molecule has 24 heteroatoms. The average Bonchev–Trinajstić information content (AvgIpc) is 2.91. The van der Waals surface area contributed by atoms with Gasteiger partial charge >= 0.3 is 0 Å². The number of carbonyl (C=O) groups excluding carboxylic acids is 5. The number of nitrogens with zero attached hydrogens (tertiary/aromatic N) is 8. The predicted molar refractivity (Wildman–Crippen MR) is 328 cm³/mol. The third-order valence-corrected chi connectivity index (χ3v) is 19.4. The first-order chi connectivity index (χ1) is 40.7. The van der Waals surface area contributed by atoms with Gasteiger partial charge in [-0.3, -0.25) is 34.0 Å². The van der Waals surface area contributed by atoms with Crippen molar-refractivity contribution in [3.05, 3.63) is 124 Å². The van der Waals surface area contributed by atoms with E-state index in [0.29, 0.717) is 56.9 Å². The van der Waals surface area contributed by atoms with Crippen molar-refractivity contribution in [3.63, 3.8) is 0 Å². The number of aliphatic hydroxyl groups is 1. The number of β-amino-alcohol motifs (C(OH)–C–C–N with tert-alkyl or cyclic N) is 1. The van der Waals surface area contributed by atoms with Crippen LogP contribution in [0.4, 0.5) is 10.9 Å². The number of rotatable bonds is 20. The summed E-state index contributed by atoms with van der Waals surface area (Å²) < 4.78 is 31.7. The second-order valence-corrected chi connectivity index (χ2v) is 27.1. The Bertz CT molecular complexity index is 3690. The minimum absolute atomic E-state index is 0.0333. The molecule has 2 fully saturated rings. The van der Waals surface area contributed by atoms with Gasteiger partial charge in [-0.2, -0.15) is 5.10 Å². The third-order valence-electron chi connectivity index (χ3n) is 16.3. The zero-order valence-electron chi connectivity index (χ0n) is 48.7. The van der Waals surface area contributed by atoms with Gasteiger partial charge in [0.15, 0.2) is 5.13 Å². The number of hydrogen-bond acceptors (Lipinski definition) is 17. The Kier molecular flexibility index (Phi) is 18.5. The van der Waals surface area contributed by atoms with Crippen LogP contribution in [0.5, 0.6) is 0 Å². The van der Waals surface area contributed by atoms with Crippen molar-refractivity contribution in [1.82, 2.24) is 55.3 Å². The topological polar surface area (TPSA) is 276 Å². The fourth-order valence-electron chi connectivity index (χ4n) is 11.5. The minimum atomic E-state index is -4.29. The highest BCUT2D eigenvalue weighted by molar-refractivity contribution is 7.90. The lowest BCUT2D eigenvalue weighted by Crippen LogP contribution is -2.58. The number of pyridine rings is 2. The van der Waals surface area contributed by atoms with E-state index in [-0.39, 0.29) is 50.6 Å². The van der Waals surface area contributed by atoms with Gasteiger partial charge in [-0.1, -0.05) is 87.8 Å². The molecule has 6 N–H and O–H groups in total. The molecule has 2 aromatic carbocycles. The number of sulfonamides is 1. The lowest BCUT2D eigenvalue weighted by atomic mass is 9.85. The number of amides is 5. The largest absolute Gasteiger partial charge is 0.391 e. The Labute approximate surface area is 502 Å². The van der Waals surface area contributed by atoms with E-state index in [1.165, 1.54) is 35.5 Å². The van der Waals surface area contributed by atoms with Crippen LogP contribution in [0.25, 0.3) is 31.9 Å². The molecule has 2 aliphatic heterocycles. The summed E-state index contributed by atoms with van der Waals surface area (Å²) in [6.45, 7) is 12.5. The van der Waals surface area contributed by atoms with Crippen molar-refractivity contribution in [3.8, 4) is 21.6 Å². The van der Waals surface area contributed by atoms with Crippen molar-refractivity contribution >= 4 is 83.5 Å². The number of benzene rings is 2. The zero-order valence-corrected chi connectivity index (χ0v) is 51.1. The Balaban J connectivity index is 0.771. The lowest BCUT2D eigenvalue weighted by molar-refractivity contribution is -0.144. The first-order valence-corrected chi connectivity index (χ1v) is 32.3. The summed E-state index contributed by atoms with van der Waals surface area (Å²) in [5.41, 5.74) is 8.54. The quantitative estimate of drug-likeness (QED) is 0.0403. The normalized spacial score (nSPS) is 17.3. The van der Waals surface area contributed by atoms with Gasteiger partial charge in [-0.15, -0.1) is 11.3 Å². The standard InChI is InChI=1S/C61H73N13O8S3/c1-36(40-17-19-42(20-18-40)53-37(2)64-35-83-53)66-56(78)49-30-43(75)33-73(49)59(80)54(61(4,5)6)69-51(76)23-26-62-27-29-85(81,82)71-57(79)52-44(46-31-65-74(38(46)3)32-39-12-8-7-9-13-39)21-22-50(68-52)72-28-24-41-14-10-15-45(47(41)34-72)55(77)70-60-67-48-16-11-25-63-58(48)84-60/h10-11,14-22,25,31,35-36,39,43,49,54,62,75H,7-9,12-13,23-24,26-30,32-34H2,1-6H3,(H,66,78)(H,69,76)(H,71,79)(H,67,70,77)/t36-,43+,49-,54+/m0/s1. The molecule has 10 rings (SSSR count). The number of likely N-dealkylation sites (tertiary alicyclic amines) is 1. The van der Waals surface area contributed by atoms with Gasteiger partial charge in [0.1, 0.15) is 33.9 Å². The van der Waals surface area contributed by atoms with E-state index in [4.69, 9.17) is 10.1 Å². The SMILES string of the molecule is Cc1ncsc1-c1ccc([C@H](C)NC(=O)[C@@H]2C[C@@H](O)CN2C(=O)[C@@H](NC(=O)CCNCCS(=O)(=O)NC(=O)c2nc(N3CCc4cccc(C(=O)Nc5nc6cccnc6s5)c4C3)ccc2-c2cnn(CC3CCCCC3)c2C)C(C)(C)C)cc1. The summed E-state index contributed by atoms with van der Waals surface area (Å²) in [6, 6.07) is 18.2. The van der Waals surface area contributed by atoms with Crippen LogP contribution in [0.15, 0.2) is 84.6 Å². The lowest BCUT2D eigenvalue weighted by Gasteiger charge is -2.35. The number of aromatic nitrogens is 6. The average molecular weight is 1210 g/mol. The van der Waals surface area contributed by atoms with Crippen LogP contribution in [-0.2, 0) is 43.9 Å². The van der Waals surface area contributed by atoms with Crippen molar-refractivity contribution in [2.24, 2.45) is 11.3 Å². The number of nitrogens with one attached hydrogen (secondary N) is 5. The summed E-state index contributed by atoms with van der Waals surface area (Å²) in [4.78, 5) is 93.2. The molecule has 448 valence electrons. The number of carbonyl (C=O) groups is 5. The molecule has 5 aromatic heterocycles. The van der Waals surface area contributed by atoms with E-state index in [9.17, 15) is 37.5 Å². The second kappa shape index (κ2) is 26.0. The van der Waals surface area contributed by atoms with Gasteiger partial charge in [-0.05, 0) is 104 Å². The number of aryl methyl sites for hydroxylation is 1. The molecular weight excluding hydrogens is 1140 g/mol. The smallest absolute Gasteiger partial charge is 0.284 e. The summed E-state index contributed by atoms with van der Waals surface area (Å²) >= 11 is 2.84. The number of aliphatic hydroxyl groups excluding tert-OH is 1. The van der Waals surface area contributed by atoms with Crippen LogP contribution in [0, 0.1) is 25.2 Å². The van der Waals surface area contributed by atoms with E-state index in [1.54, 1.807) is 74.3 Å². The van der Waals surface area contributed by atoms with Gasteiger partial charge in [0.2, 0.25) is 27.7 Å². The van der Waals surface area contributed by atoms with Gasteiger partial charge in [-0.25, -0.2) is 33.1 Å². The number of hydrogen-bond donors (Lipinski definition) is 6. The molecule has 0 spiro atoms. The van der Waals surface area contributed by atoms with Crippen molar-refractivity contribution in [2.75, 3.05) is 42.1 Å². The third kappa shape index (κ3) is 14.3. The molecule has 21 nitrogen and oxygen atoms in total. The van der Waals surface area contributed by atoms with Crippen LogP contribution < -0.4 is 30.9 Å². The van der Waals surface area contributed by atoms with E-state index in [0.717, 1.165) is 57.9 Å². The Morgan fingerprint density at radius 2 is 1.67 bits per heavy atom. The van der Waals surface area contributed by atoms with Crippen LogP contribution in [0.1, 0.15) is 128 Å². The molecule has 4 atom stereocenters. The van der Waals surface area contributed by atoms with Crippen LogP contribution in [0.2, 0.25) is 0 Å². The fourth-order valence-corrected chi connectivity index (χ4v) is 14.0. The first-order valence-electron chi connectivity index (χ1n) is 29.0. The molecule has 1 saturated carbocycles. The van der Waals surface area contributed by atoms with Crippen LogP contribution in [0.3, 0.4) is 0 Å². The van der Waals surface area contributed by atoms with Crippen LogP contribution >= 0.6 is 22.7 Å². The highest BCUT2D eigenvalue weighted by Crippen LogP contribution is 2.35. The fraction of sp³-hybridized carbons (Fsp3) is 0.443. The van der Waals surface area contributed by atoms with E-state index < -0.39 is 69.0 Å². The molecule has 0 bridgehead atoms. The molecule has 5 amide bonds. The highest BCUT2D eigenvalue weighted by atomic mass is 32.2. The van der Waals surface area contributed by atoms with Crippen molar-refractivity contribution in [1.29, 1.82) is 0 Å². The monoisotopic (exact) mass is 1210 g/mol. The van der Waals surface area contributed by atoms with E-state index >= 15 is 0 Å². The Hall–Kier alpha value is -7.51. The molecule has 0 unspecified atom stereocenters. The first kappa shape index (κ1) is 60.6. The zero-order chi connectivity index (χ0) is 60.2. The van der Waals surface area contributed by atoms with E-state index in [2.05, 4.69) is 40.9 Å². The van der Waals surface area contributed by atoms with Gasteiger partial charge in [0, 0.05) is 80.7 Å². The number of anilines is 2. The van der Waals surface area contributed by atoms with Gasteiger partial charge in [0.05, 0.1) is 40.2 Å². The van der Waals surface area contributed by atoms with Crippen molar-refractivity contribution < 1.29 is 37.5 Å². The van der Waals surface area contributed by atoms with E-state index in [1.807, 2.05) is 72.8 Å². The molecule has 85 heavy (non-hydrogen) atoms.